The summed E-state index contributed by atoms with van der Waals surface area (Å²) in [6.07, 6.45) is -2.05. The Morgan fingerprint density at radius 2 is 1.08 bits per heavy atom. The molecule has 0 aliphatic carbocycles. The SMILES string of the molecule is C=C(C)C(=O)OC(O)(O)C(OC(=O)C(=C)C)(OC(=O)C(=C)C)C(C)O. The van der Waals surface area contributed by atoms with Gasteiger partial charge < -0.3 is 29.5 Å². The fourth-order valence-electron chi connectivity index (χ4n) is 1.33. The Kier molecular flexibility index (Phi) is 7.26. The summed E-state index contributed by atoms with van der Waals surface area (Å²) in [6.45, 7) is 14.3. The molecule has 0 amide bonds. The first-order valence-corrected chi connectivity index (χ1v) is 6.97. The molecule has 1 unspecified atom stereocenters. The van der Waals surface area contributed by atoms with E-state index in [-0.39, 0.29) is 16.7 Å². The molecule has 0 aromatic carbocycles. The molecule has 0 bridgehead atoms. The molecule has 0 rings (SSSR count). The third kappa shape index (κ3) is 5.24. The van der Waals surface area contributed by atoms with E-state index in [2.05, 4.69) is 24.5 Å². The minimum absolute atomic E-state index is 0.224. The van der Waals surface area contributed by atoms with Gasteiger partial charge in [0.15, 0.2) is 0 Å². The number of rotatable bonds is 8. The fourth-order valence-corrected chi connectivity index (χ4v) is 1.33. The van der Waals surface area contributed by atoms with Crippen LogP contribution in [0.5, 0.6) is 0 Å². The Balaban J connectivity index is 6.22. The van der Waals surface area contributed by atoms with Gasteiger partial charge in [-0.25, -0.2) is 14.4 Å². The van der Waals surface area contributed by atoms with Gasteiger partial charge in [0.1, 0.15) is 6.10 Å². The van der Waals surface area contributed by atoms with Gasteiger partial charge in [0.05, 0.1) is 0 Å². The quantitative estimate of drug-likeness (QED) is 0.312. The van der Waals surface area contributed by atoms with Gasteiger partial charge in [0.2, 0.25) is 0 Å². The summed E-state index contributed by atoms with van der Waals surface area (Å²) in [7, 11) is 0. The number of esters is 3. The number of aliphatic hydroxyl groups excluding tert-OH is 1. The van der Waals surface area contributed by atoms with Crippen LogP contribution in [0.15, 0.2) is 36.5 Å². The van der Waals surface area contributed by atoms with Crippen LogP contribution >= 0.6 is 0 Å². The van der Waals surface area contributed by atoms with Crippen LogP contribution in [0, 0.1) is 0 Å². The zero-order chi connectivity index (χ0) is 20.2. The molecule has 0 heterocycles. The van der Waals surface area contributed by atoms with Gasteiger partial charge in [0, 0.05) is 16.7 Å². The molecular formula is C16H22O9. The van der Waals surface area contributed by atoms with Crippen molar-refractivity contribution in [3.05, 3.63) is 36.5 Å². The van der Waals surface area contributed by atoms with Crippen molar-refractivity contribution in [2.45, 2.75) is 45.6 Å². The van der Waals surface area contributed by atoms with Crippen LogP contribution in [0.2, 0.25) is 0 Å². The number of ether oxygens (including phenoxy) is 3. The van der Waals surface area contributed by atoms with Crippen LogP contribution in [-0.4, -0.2) is 51.1 Å². The van der Waals surface area contributed by atoms with E-state index in [1.54, 1.807) is 0 Å². The van der Waals surface area contributed by atoms with E-state index in [9.17, 15) is 29.7 Å². The van der Waals surface area contributed by atoms with E-state index in [0.717, 1.165) is 6.92 Å². The highest BCUT2D eigenvalue weighted by Crippen LogP contribution is 2.33. The summed E-state index contributed by atoms with van der Waals surface area (Å²) >= 11 is 0. The standard InChI is InChI=1S/C16H22O9/c1-8(2)12(18)23-15(11(7)17,24-13(19)9(3)4)16(21,22)25-14(20)10(5)6/h11,17,21-22H,1,3,5H2,2,4,6-7H3. The van der Waals surface area contributed by atoms with Crippen LogP contribution < -0.4 is 0 Å². The second-order valence-corrected chi connectivity index (χ2v) is 5.46. The smallest absolute Gasteiger partial charge is 0.408 e. The first-order chi connectivity index (χ1) is 11.2. The fraction of sp³-hybridized carbons (Fsp3) is 0.438. The van der Waals surface area contributed by atoms with Gasteiger partial charge in [-0.3, -0.25) is 0 Å². The Hall–Kier alpha value is -2.49. The maximum Gasteiger partial charge on any atom is 0.409 e. The Bertz CT molecular complexity index is 585. The highest BCUT2D eigenvalue weighted by Gasteiger charge is 2.64. The molecule has 3 N–H and O–H groups in total. The largest absolute Gasteiger partial charge is 0.409 e. The molecule has 1 atom stereocenters. The molecule has 0 aromatic rings. The van der Waals surface area contributed by atoms with Crippen molar-refractivity contribution < 1.29 is 43.9 Å². The number of aliphatic hydroxyl groups is 3. The molecule has 0 radical (unpaired) electrons. The van der Waals surface area contributed by atoms with Crippen molar-refractivity contribution in [3.8, 4) is 0 Å². The Labute approximate surface area is 144 Å². The van der Waals surface area contributed by atoms with E-state index < -0.39 is 35.8 Å². The predicted molar refractivity (Wildman–Crippen MR) is 84.3 cm³/mol. The van der Waals surface area contributed by atoms with E-state index >= 15 is 0 Å². The number of carbonyl (C=O) groups is 3. The monoisotopic (exact) mass is 358 g/mol. The second-order valence-electron chi connectivity index (χ2n) is 5.46. The lowest BCUT2D eigenvalue weighted by Gasteiger charge is -2.41. The maximum atomic E-state index is 11.9. The molecular weight excluding hydrogens is 336 g/mol. The lowest BCUT2D eigenvalue weighted by molar-refractivity contribution is -0.457. The molecule has 9 heteroatoms. The number of carbonyl (C=O) groups excluding carboxylic acids is 3. The van der Waals surface area contributed by atoms with E-state index in [1.165, 1.54) is 20.8 Å². The molecule has 0 saturated heterocycles. The van der Waals surface area contributed by atoms with Crippen molar-refractivity contribution in [1.29, 1.82) is 0 Å². The molecule has 0 aliphatic rings. The summed E-state index contributed by atoms with van der Waals surface area (Å²) in [4.78, 5) is 35.3. The predicted octanol–water partition coefficient (Wildman–Crippen LogP) is 0.0598. The van der Waals surface area contributed by atoms with Crippen LogP contribution in [0.25, 0.3) is 0 Å². The second kappa shape index (κ2) is 8.06. The van der Waals surface area contributed by atoms with Crippen molar-refractivity contribution in [2.75, 3.05) is 0 Å². The normalized spacial score (nSPS) is 12.6. The van der Waals surface area contributed by atoms with Crippen LogP contribution in [0.3, 0.4) is 0 Å². The zero-order valence-corrected chi connectivity index (χ0v) is 14.5. The van der Waals surface area contributed by atoms with Crippen molar-refractivity contribution in [2.24, 2.45) is 0 Å². The summed E-state index contributed by atoms with van der Waals surface area (Å²) in [5.41, 5.74) is -0.693. The third-order valence-electron chi connectivity index (χ3n) is 2.77. The Morgan fingerprint density at radius 3 is 1.32 bits per heavy atom. The summed E-state index contributed by atoms with van der Waals surface area (Å²) in [6, 6.07) is 0. The third-order valence-corrected chi connectivity index (χ3v) is 2.77. The van der Waals surface area contributed by atoms with Crippen LogP contribution in [-0.2, 0) is 28.6 Å². The van der Waals surface area contributed by atoms with Gasteiger partial charge in [-0.2, -0.15) is 0 Å². The van der Waals surface area contributed by atoms with Crippen LogP contribution in [0.1, 0.15) is 27.7 Å². The van der Waals surface area contributed by atoms with E-state index in [4.69, 9.17) is 9.47 Å². The van der Waals surface area contributed by atoms with Crippen molar-refractivity contribution >= 4 is 17.9 Å². The molecule has 140 valence electrons. The van der Waals surface area contributed by atoms with Gasteiger partial charge in [-0.1, -0.05) is 19.7 Å². The average molecular weight is 358 g/mol. The molecule has 25 heavy (non-hydrogen) atoms. The minimum atomic E-state index is -3.76. The van der Waals surface area contributed by atoms with Crippen LogP contribution in [0.4, 0.5) is 0 Å². The summed E-state index contributed by atoms with van der Waals surface area (Å²) in [5, 5.41) is 30.3. The van der Waals surface area contributed by atoms with E-state index in [1.807, 2.05) is 0 Å². The molecule has 0 saturated carbocycles. The first kappa shape index (κ1) is 22.5. The van der Waals surface area contributed by atoms with E-state index in [0.29, 0.717) is 0 Å². The molecule has 9 nitrogen and oxygen atoms in total. The number of hydrogen-bond acceptors (Lipinski definition) is 9. The van der Waals surface area contributed by atoms with Gasteiger partial charge in [-0.15, -0.1) is 0 Å². The van der Waals surface area contributed by atoms with Gasteiger partial charge in [-0.05, 0) is 27.7 Å². The zero-order valence-electron chi connectivity index (χ0n) is 14.5. The average Bonchev–Trinajstić information content (AvgIpc) is 2.44. The molecule has 0 spiro atoms. The molecule has 0 aromatic heterocycles. The topological polar surface area (TPSA) is 140 Å². The highest BCUT2D eigenvalue weighted by atomic mass is 16.9. The summed E-state index contributed by atoms with van der Waals surface area (Å²) in [5.74, 6) is -10.8. The molecule has 0 fully saturated rings. The van der Waals surface area contributed by atoms with Crippen molar-refractivity contribution in [1.82, 2.24) is 0 Å². The lowest BCUT2D eigenvalue weighted by atomic mass is 10.1. The van der Waals surface area contributed by atoms with Gasteiger partial charge in [0.25, 0.3) is 0 Å². The lowest BCUT2D eigenvalue weighted by Crippen LogP contribution is -2.67. The molecule has 0 aliphatic heterocycles. The summed E-state index contributed by atoms with van der Waals surface area (Å²) < 4.78 is 13.9. The minimum Gasteiger partial charge on any atom is -0.408 e. The first-order valence-electron chi connectivity index (χ1n) is 6.97. The van der Waals surface area contributed by atoms with Crippen molar-refractivity contribution in [3.63, 3.8) is 0 Å². The Morgan fingerprint density at radius 1 is 0.800 bits per heavy atom. The number of hydrogen-bond donors (Lipinski definition) is 3. The highest BCUT2D eigenvalue weighted by molar-refractivity contribution is 5.89. The van der Waals surface area contributed by atoms with Gasteiger partial charge >= 0.3 is 29.7 Å². The maximum absolute atomic E-state index is 11.9.